The van der Waals surface area contributed by atoms with Crippen LogP contribution in [0.5, 0.6) is 0 Å². The van der Waals surface area contributed by atoms with E-state index in [1.807, 2.05) is 12.1 Å². The maximum absolute atomic E-state index is 12.6. The van der Waals surface area contributed by atoms with E-state index in [-0.39, 0.29) is 18.1 Å². The number of hydrogen-bond donors (Lipinski definition) is 1. The minimum Gasteiger partial charge on any atom is -0.372 e. The summed E-state index contributed by atoms with van der Waals surface area (Å²) in [4.78, 5) is 17.3. The summed E-state index contributed by atoms with van der Waals surface area (Å²) in [7, 11) is 0. The molecule has 1 aliphatic carbocycles. The summed E-state index contributed by atoms with van der Waals surface area (Å²) in [5.74, 6) is 0.0805. The topological polar surface area (TPSA) is 44.8 Å². The molecule has 1 saturated heterocycles. The highest BCUT2D eigenvalue weighted by Gasteiger charge is 2.26. The van der Waals surface area contributed by atoms with Crippen molar-refractivity contribution in [2.45, 2.75) is 77.7 Å². The molecule has 1 heterocycles. The van der Waals surface area contributed by atoms with Gasteiger partial charge in [-0.05, 0) is 64.8 Å². The van der Waals surface area contributed by atoms with Gasteiger partial charge in [-0.1, -0.05) is 12.8 Å². The fraction of sp³-hybridized carbons (Fsp3) is 0.682. The maximum atomic E-state index is 12.6. The molecule has 5 heteroatoms. The van der Waals surface area contributed by atoms with Gasteiger partial charge in [0.1, 0.15) is 0 Å². The van der Waals surface area contributed by atoms with E-state index in [1.54, 1.807) is 0 Å². The highest BCUT2D eigenvalue weighted by molar-refractivity contribution is 5.92. The number of nitrogens with one attached hydrogen (secondary N) is 1. The molecule has 2 fully saturated rings. The average Bonchev–Trinajstić information content (AvgIpc) is 3.13. The number of morpholine rings is 1. The van der Waals surface area contributed by atoms with Gasteiger partial charge in [0, 0.05) is 36.5 Å². The Kier molecular flexibility index (Phi) is 6.77. The predicted octanol–water partition coefficient (Wildman–Crippen LogP) is 3.89. The molecule has 1 amide bonds. The van der Waals surface area contributed by atoms with Crippen LogP contribution in [-0.4, -0.2) is 54.7 Å². The molecule has 1 aromatic carbocycles. The van der Waals surface area contributed by atoms with Crippen molar-refractivity contribution in [2.75, 3.05) is 29.9 Å². The SMILES string of the molecule is CC1CN(c2ccc(NC(=O)CN(C(C)C)C3CCCC3)cc2)CC(C)O1. The van der Waals surface area contributed by atoms with E-state index in [0.29, 0.717) is 18.6 Å². The van der Waals surface area contributed by atoms with Crippen molar-refractivity contribution < 1.29 is 9.53 Å². The predicted molar refractivity (Wildman–Crippen MR) is 111 cm³/mol. The van der Waals surface area contributed by atoms with Crippen LogP contribution < -0.4 is 10.2 Å². The van der Waals surface area contributed by atoms with Gasteiger partial charge in [0.05, 0.1) is 18.8 Å². The van der Waals surface area contributed by atoms with Crippen molar-refractivity contribution in [3.05, 3.63) is 24.3 Å². The molecule has 0 aromatic heterocycles. The lowest BCUT2D eigenvalue weighted by molar-refractivity contribution is -0.118. The molecule has 1 saturated carbocycles. The average molecular weight is 374 g/mol. The first kappa shape index (κ1) is 20.2. The molecule has 1 aromatic rings. The second-order valence-corrected chi connectivity index (χ2v) is 8.46. The Bertz CT molecular complexity index is 600. The van der Waals surface area contributed by atoms with Crippen LogP contribution in [-0.2, 0) is 9.53 Å². The number of ether oxygens (including phenoxy) is 1. The Labute approximate surface area is 164 Å². The van der Waals surface area contributed by atoms with Gasteiger partial charge >= 0.3 is 0 Å². The molecule has 5 nitrogen and oxygen atoms in total. The summed E-state index contributed by atoms with van der Waals surface area (Å²) < 4.78 is 5.81. The van der Waals surface area contributed by atoms with Crippen molar-refractivity contribution in [2.24, 2.45) is 0 Å². The largest absolute Gasteiger partial charge is 0.372 e. The third-order valence-electron chi connectivity index (χ3n) is 5.72. The van der Waals surface area contributed by atoms with Crippen molar-refractivity contribution in [1.82, 2.24) is 4.90 Å². The van der Waals surface area contributed by atoms with Gasteiger partial charge in [-0.15, -0.1) is 0 Å². The lowest BCUT2D eigenvalue weighted by Crippen LogP contribution is -2.45. The molecule has 2 atom stereocenters. The Morgan fingerprint density at radius 1 is 1.15 bits per heavy atom. The minimum atomic E-state index is 0.0805. The number of carbonyl (C=O) groups is 1. The lowest BCUT2D eigenvalue weighted by atomic mass is 10.1. The smallest absolute Gasteiger partial charge is 0.238 e. The van der Waals surface area contributed by atoms with Gasteiger partial charge < -0.3 is 15.0 Å². The van der Waals surface area contributed by atoms with E-state index in [0.717, 1.165) is 18.8 Å². The highest BCUT2D eigenvalue weighted by atomic mass is 16.5. The van der Waals surface area contributed by atoms with E-state index < -0.39 is 0 Å². The number of carbonyl (C=O) groups excluding carboxylic acids is 1. The molecular formula is C22H35N3O2. The van der Waals surface area contributed by atoms with Crippen LogP contribution in [0.25, 0.3) is 0 Å². The summed E-state index contributed by atoms with van der Waals surface area (Å²) in [6.45, 7) is 10.9. The molecule has 0 bridgehead atoms. The van der Waals surface area contributed by atoms with Crippen molar-refractivity contribution >= 4 is 17.3 Å². The molecule has 0 spiro atoms. The maximum Gasteiger partial charge on any atom is 0.238 e. The van der Waals surface area contributed by atoms with Gasteiger partial charge in [0.2, 0.25) is 5.91 Å². The number of anilines is 2. The molecule has 2 unspecified atom stereocenters. The van der Waals surface area contributed by atoms with Crippen LogP contribution in [0.1, 0.15) is 53.4 Å². The number of rotatable bonds is 6. The van der Waals surface area contributed by atoms with Crippen molar-refractivity contribution in [3.8, 4) is 0 Å². The molecular weight excluding hydrogens is 338 g/mol. The molecule has 0 radical (unpaired) electrons. The zero-order chi connectivity index (χ0) is 19.4. The molecule has 1 N–H and O–H groups in total. The van der Waals surface area contributed by atoms with Crippen molar-refractivity contribution in [3.63, 3.8) is 0 Å². The normalized spacial score (nSPS) is 24.0. The number of amides is 1. The molecule has 2 aliphatic rings. The summed E-state index contributed by atoms with van der Waals surface area (Å²) >= 11 is 0. The Morgan fingerprint density at radius 2 is 1.74 bits per heavy atom. The third-order valence-corrected chi connectivity index (χ3v) is 5.72. The summed E-state index contributed by atoms with van der Waals surface area (Å²) in [5, 5.41) is 3.07. The monoisotopic (exact) mass is 373 g/mol. The molecule has 27 heavy (non-hydrogen) atoms. The quantitative estimate of drug-likeness (QED) is 0.822. The second kappa shape index (κ2) is 9.07. The summed E-state index contributed by atoms with van der Waals surface area (Å²) in [6, 6.07) is 9.16. The van der Waals surface area contributed by atoms with Gasteiger partial charge in [-0.2, -0.15) is 0 Å². The van der Waals surface area contributed by atoms with Gasteiger partial charge in [0.15, 0.2) is 0 Å². The van der Waals surface area contributed by atoms with Crippen LogP contribution in [0.15, 0.2) is 24.3 Å². The fourth-order valence-electron chi connectivity index (χ4n) is 4.48. The Morgan fingerprint density at radius 3 is 2.30 bits per heavy atom. The van der Waals surface area contributed by atoms with Crippen LogP contribution in [0.2, 0.25) is 0 Å². The van der Waals surface area contributed by atoms with E-state index in [1.165, 1.54) is 31.4 Å². The zero-order valence-corrected chi connectivity index (χ0v) is 17.3. The first-order valence-electron chi connectivity index (χ1n) is 10.5. The van der Waals surface area contributed by atoms with Crippen molar-refractivity contribution in [1.29, 1.82) is 0 Å². The first-order chi connectivity index (χ1) is 12.9. The Balaban J connectivity index is 1.56. The lowest BCUT2D eigenvalue weighted by Gasteiger charge is -2.37. The van der Waals surface area contributed by atoms with Crippen LogP contribution in [0.3, 0.4) is 0 Å². The van der Waals surface area contributed by atoms with Crippen LogP contribution in [0.4, 0.5) is 11.4 Å². The van der Waals surface area contributed by atoms with Crippen LogP contribution >= 0.6 is 0 Å². The molecule has 3 rings (SSSR count). The highest BCUT2D eigenvalue weighted by Crippen LogP contribution is 2.25. The minimum absolute atomic E-state index is 0.0805. The first-order valence-corrected chi connectivity index (χ1v) is 10.5. The van der Waals surface area contributed by atoms with Gasteiger partial charge in [-0.25, -0.2) is 0 Å². The third kappa shape index (κ3) is 5.45. The molecule has 150 valence electrons. The number of benzene rings is 1. The molecule has 1 aliphatic heterocycles. The fourth-order valence-corrected chi connectivity index (χ4v) is 4.48. The second-order valence-electron chi connectivity index (χ2n) is 8.46. The van der Waals surface area contributed by atoms with Crippen LogP contribution in [0, 0.1) is 0 Å². The number of nitrogens with zero attached hydrogens (tertiary/aromatic N) is 2. The summed E-state index contributed by atoms with van der Waals surface area (Å²) in [6.07, 6.45) is 5.50. The van der Waals surface area contributed by atoms with Gasteiger partial charge in [0.25, 0.3) is 0 Å². The standard InChI is InChI=1S/C22H35N3O2/c1-16(2)25(21-7-5-6-8-21)15-22(26)23-19-9-11-20(12-10-19)24-13-17(3)27-18(4)14-24/h9-12,16-18,21H,5-8,13-15H2,1-4H3,(H,23,26). The van der Waals surface area contributed by atoms with E-state index in [4.69, 9.17) is 4.74 Å². The van der Waals surface area contributed by atoms with E-state index in [9.17, 15) is 4.79 Å². The van der Waals surface area contributed by atoms with Gasteiger partial charge in [-0.3, -0.25) is 9.69 Å². The van der Waals surface area contributed by atoms with E-state index in [2.05, 4.69) is 54.9 Å². The number of hydrogen-bond acceptors (Lipinski definition) is 4. The van der Waals surface area contributed by atoms with E-state index >= 15 is 0 Å². The summed E-state index contributed by atoms with van der Waals surface area (Å²) in [5.41, 5.74) is 2.05. The zero-order valence-electron chi connectivity index (χ0n) is 17.3. The Hall–Kier alpha value is -1.59.